The molecule has 0 aliphatic carbocycles. The van der Waals surface area contributed by atoms with E-state index in [0.717, 1.165) is 16.9 Å². The minimum Gasteiger partial charge on any atom is -0.474 e. The molecule has 4 aromatic rings. The van der Waals surface area contributed by atoms with E-state index in [2.05, 4.69) is 30.7 Å². The van der Waals surface area contributed by atoms with Crippen LogP contribution in [0, 0.1) is 12.7 Å². The molecule has 0 atom stereocenters. The van der Waals surface area contributed by atoms with Gasteiger partial charge >= 0.3 is 0 Å². The van der Waals surface area contributed by atoms with Crippen molar-refractivity contribution in [3.05, 3.63) is 41.6 Å². The van der Waals surface area contributed by atoms with Crippen LogP contribution in [0.4, 0.5) is 27.5 Å². The molecule has 0 bridgehead atoms. The first-order valence-electron chi connectivity index (χ1n) is 12.5. The van der Waals surface area contributed by atoms with Gasteiger partial charge in [-0.2, -0.15) is 5.10 Å². The van der Waals surface area contributed by atoms with Crippen LogP contribution in [0.1, 0.15) is 25.1 Å². The van der Waals surface area contributed by atoms with E-state index in [1.165, 1.54) is 6.20 Å². The number of nitrogens with one attached hydrogen (secondary N) is 2. The number of ether oxygens (including phenoxy) is 1. The number of nitrogens with zero attached hydrogens (tertiary/aromatic N) is 6. The summed E-state index contributed by atoms with van der Waals surface area (Å²) in [5, 5.41) is 11.4. The maximum absolute atomic E-state index is 15.4. The molecule has 5 heterocycles. The van der Waals surface area contributed by atoms with Gasteiger partial charge in [0, 0.05) is 54.1 Å². The lowest BCUT2D eigenvalue weighted by Crippen LogP contribution is -2.38. The Hall–Kier alpha value is -4.48. The number of rotatable bonds is 4. The summed E-state index contributed by atoms with van der Waals surface area (Å²) in [5.41, 5.74) is 9.89. The zero-order valence-corrected chi connectivity index (χ0v) is 21.4. The summed E-state index contributed by atoms with van der Waals surface area (Å²) in [6, 6.07) is 3.62. The summed E-state index contributed by atoms with van der Waals surface area (Å²) in [6.07, 6.45) is 3.36. The number of fused-ring (bicyclic) bond motifs is 3. The molecular formula is C26H28FN9O2. The second-order valence-corrected chi connectivity index (χ2v) is 9.76. The SMILES string of the molecule is Cc1c(-c2cc3nc(Nc4cc5n(n4)CCN(C(C)C)C(=O)C5)ncc3c(N)c2F)cnc2c1NCCO2. The first-order chi connectivity index (χ1) is 18.3. The maximum Gasteiger partial charge on any atom is 0.237 e. The van der Waals surface area contributed by atoms with E-state index in [1.54, 1.807) is 12.3 Å². The van der Waals surface area contributed by atoms with Crippen molar-refractivity contribution in [2.45, 2.75) is 39.8 Å². The van der Waals surface area contributed by atoms with Gasteiger partial charge in [0.05, 0.1) is 29.9 Å². The van der Waals surface area contributed by atoms with Gasteiger partial charge in [-0.15, -0.1) is 0 Å². The normalized spacial score (nSPS) is 15.1. The van der Waals surface area contributed by atoms with Gasteiger partial charge in [-0.1, -0.05) is 0 Å². The Bertz CT molecular complexity index is 1580. The average Bonchev–Trinajstić information content (AvgIpc) is 3.19. The van der Waals surface area contributed by atoms with Crippen molar-refractivity contribution < 1.29 is 13.9 Å². The van der Waals surface area contributed by atoms with Crippen LogP contribution < -0.4 is 21.1 Å². The molecule has 1 aromatic carbocycles. The molecule has 0 fully saturated rings. The molecule has 0 spiro atoms. The molecule has 196 valence electrons. The monoisotopic (exact) mass is 517 g/mol. The summed E-state index contributed by atoms with van der Waals surface area (Å²) >= 11 is 0. The Labute approximate surface area is 218 Å². The predicted octanol–water partition coefficient (Wildman–Crippen LogP) is 3.26. The van der Waals surface area contributed by atoms with Gasteiger partial charge in [0.15, 0.2) is 11.6 Å². The molecule has 0 radical (unpaired) electrons. The van der Waals surface area contributed by atoms with Crippen LogP contribution in [0.3, 0.4) is 0 Å². The molecular weight excluding hydrogens is 489 g/mol. The van der Waals surface area contributed by atoms with Crippen LogP contribution in [0.5, 0.6) is 5.88 Å². The summed E-state index contributed by atoms with van der Waals surface area (Å²) in [4.78, 5) is 27.8. The molecule has 3 aromatic heterocycles. The van der Waals surface area contributed by atoms with Crippen molar-refractivity contribution in [1.82, 2.24) is 29.6 Å². The van der Waals surface area contributed by atoms with Crippen LogP contribution in [0.2, 0.25) is 0 Å². The van der Waals surface area contributed by atoms with E-state index in [1.807, 2.05) is 36.4 Å². The standard InChI is InChI=1S/C26H28FN9O2/c1-13(2)35-5-6-36-15(9-21(35)37)8-20(34-36)33-26-31-12-18-19(32-26)10-16(22(27)23(18)28)17-11-30-25-24(14(17)3)29-4-7-38-25/h8,10-13,29H,4-7,9,28H2,1-3H3,(H,31,32,33,34). The third kappa shape index (κ3) is 4.01. The van der Waals surface area contributed by atoms with Gasteiger partial charge in [0.25, 0.3) is 0 Å². The third-order valence-electron chi connectivity index (χ3n) is 7.03. The third-order valence-corrected chi connectivity index (χ3v) is 7.03. The Morgan fingerprint density at radius 3 is 2.84 bits per heavy atom. The number of pyridine rings is 1. The average molecular weight is 518 g/mol. The van der Waals surface area contributed by atoms with Crippen LogP contribution >= 0.6 is 0 Å². The summed E-state index contributed by atoms with van der Waals surface area (Å²) < 4.78 is 22.9. The number of halogens is 1. The number of anilines is 4. The highest BCUT2D eigenvalue weighted by Crippen LogP contribution is 2.39. The van der Waals surface area contributed by atoms with Crippen molar-refractivity contribution in [2.24, 2.45) is 0 Å². The molecule has 0 saturated heterocycles. The van der Waals surface area contributed by atoms with Gasteiger partial charge in [-0.3, -0.25) is 9.48 Å². The van der Waals surface area contributed by atoms with Crippen molar-refractivity contribution >= 4 is 40.0 Å². The fourth-order valence-corrected chi connectivity index (χ4v) is 5.02. The number of amides is 1. The lowest BCUT2D eigenvalue weighted by molar-refractivity contribution is -0.131. The van der Waals surface area contributed by atoms with Gasteiger partial charge in [-0.05, 0) is 32.4 Å². The molecule has 0 saturated carbocycles. The highest BCUT2D eigenvalue weighted by atomic mass is 19.1. The summed E-state index contributed by atoms with van der Waals surface area (Å²) in [5.74, 6) is 0.833. The minimum atomic E-state index is -0.554. The predicted molar refractivity (Wildman–Crippen MR) is 142 cm³/mol. The molecule has 12 heteroatoms. The summed E-state index contributed by atoms with van der Waals surface area (Å²) in [7, 11) is 0. The fourth-order valence-electron chi connectivity index (χ4n) is 5.02. The van der Waals surface area contributed by atoms with Crippen molar-refractivity contribution in [1.29, 1.82) is 0 Å². The Morgan fingerprint density at radius 2 is 2.03 bits per heavy atom. The molecule has 2 aliphatic rings. The summed E-state index contributed by atoms with van der Waals surface area (Å²) in [6.45, 7) is 8.28. The number of aromatic nitrogens is 5. The van der Waals surface area contributed by atoms with E-state index >= 15 is 4.39 Å². The first-order valence-corrected chi connectivity index (χ1v) is 12.5. The number of benzene rings is 1. The first kappa shape index (κ1) is 23.9. The molecule has 38 heavy (non-hydrogen) atoms. The number of hydrogen-bond acceptors (Lipinski definition) is 9. The molecule has 0 unspecified atom stereocenters. The molecule has 1 amide bonds. The quantitative estimate of drug-likeness (QED) is 0.349. The maximum atomic E-state index is 15.4. The number of nitrogens with two attached hydrogens (primary N) is 1. The van der Waals surface area contributed by atoms with E-state index in [-0.39, 0.29) is 30.0 Å². The van der Waals surface area contributed by atoms with Crippen molar-refractivity contribution in [3.8, 4) is 17.0 Å². The number of nitrogen functional groups attached to an aromatic ring is 1. The smallest absolute Gasteiger partial charge is 0.237 e. The van der Waals surface area contributed by atoms with Crippen molar-refractivity contribution in [2.75, 3.05) is 36.1 Å². The Morgan fingerprint density at radius 1 is 1.18 bits per heavy atom. The van der Waals surface area contributed by atoms with Gasteiger partial charge in [0.2, 0.25) is 17.7 Å². The largest absolute Gasteiger partial charge is 0.474 e. The highest BCUT2D eigenvalue weighted by Gasteiger charge is 2.25. The number of carbonyl (C=O) groups is 1. The van der Waals surface area contributed by atoms with Crippen LogP contribution in [-0.4, -0.2) is 61.3 Å². The Balaban J connectivity index is 1.33. The number of carbonyl (C=O) groups excluding carboxylic acids is 1. The van der Waals surface area contributed by atoms with Gasteiger partial charge in [-0.25, -0.2) is 19.3 Å². The second-order valence-electron chi connectivity index (χ2n) is 9.76. The lowest BCUT2D eigenvalue weighted by atomic mass is 9.98. The second kappa shape index (κ2) is 9.12. The van der Waals surface area contributed by atoms with Crippen LogP contribution in [0.25, 0.3) is 22.0 Å². The molecule has 6 rings (SSSR count). The molecule has 11 nitrogen and oxygen atoms in total. The van der Waals surface area contributed by atoms with E-state index < -0.39 is 5.82 Å². The fraction of sp³-hybridized carbons (Fsp3) is 0.346. The minimum absolute atomic E-state index is 0.0349. The van der Waals surface area contributed by atoms with E-state index in [9.17, 15) is 4.79 Å². The zero-order chi connectivity index (χ0) is 26.6. The van der Waals surface area contributed by atoms with Gasteiger partial charge in [0.1, 0.15) is 12.3 Å². The molecule has 2 aliphatic heterocycles. The Kier molecular flexibility index (Phi) is 5.73. The van der Waals surface area contributed by atoms with Crippen LogP contribution in [-0.2, 0) is 17.8 Å². The van der Waals surface area contributed by atoms with E-state index in [0.29, 0.717) is 60.0 Å². The zero-order valence-electron chi connectivity index (χ0n) is 21.4. The number of hydrogen-bond donors (Lipinski definition) is 3. The van der Waals surface area contributed by atoms with Crippen LogP contribution in [0.15, 0.2) is 24.5 Å². The van der Waals surface area contributed by atoms with E-state index in [4.69, 9.17) is 10.5 Å². The highest BCUT2D eigenvalue weighted by molar-refractivity contribution is 5.96. The topological polar surface area (TPSA) is 136 Å². The lowest BCUT2D eigenvalue weighted by Gasteiger charge is -2.24. The van der Waals surface area contributed by atoms with Gasteiger partial charge < -0.3 is 26.0 Å². The molecule has 4 N–H and O–H groups in total. The van der Waals surface area contributed by atoms with Crippen molar-refractivity contribution in [3.63, 3.8) is 0 Å².